The van der Waals surface area contributed by atoms with E-state index >= 15 is 0 Å². The number of isothiocyanates is 1. The summed E-state index contributed by atoms with van der Waals surface area (Å²) >= 11 is 4.52. The second-order valence-corrected chi connectivity index (χ2v) is 3.26. The summed E-state index contributed by atoms with van der Waals surface area (Å²) in [6.45, 7) is 0. The fourth-order valence-corrected chi connectivity index (χ4v) is 1.74. The van der Waals surface area contributed by atoms with Crippen LogP contribution in [0.25, 0.3) is 0 Å². The number of carbonyl (C=O) groups is 1. The Morgan fingerprint density at radius 2 is 2.21 bits per heavy atom. The van der Waals surface area contributed by atoms with E-state index in [-0.39, 0.29) is 5.91 Å². The maximum absolute atomic E-state index is 11.7. The number of rotatable bonds is 1. The number of benzene rings is 1. The van der Waals surface area contributed by atoms with Gasteiger partial charge in [-0.3, -0.25) is 4.79 Å². The van der Waals surface area contributed by atoms with E-state index < -0.39 is 6.04 Å². The Hall–Kier alpha value is -1.51. The molecule has 1 heterocycles. The van der Waals surface area contributed by atoms with Gasteiger partial charge in [0.1, 0.15) is 0 Å². The van der Waals surface area contributed by atoms with E-state index in [0.717, 1.165) is 11.3 Å². The first kappa shape index (κ1) is 9.06. The van der Waals surface area contributed by atoms with Crippen molar-refractivity contribution in [1.82, 2.24) is 0 Å². The lowest BCUT2D eigenvalue weighted by molar-refractivity contribution is -0.118. The Kier molecular flexibility index (Phi) is 2.15. The summed E-state index contributed by atoms with van der Waals surface area (Å²) < 4.78 is 0. The predicted octanol–water partition coefficient (Wildman–Crippen LogP) is 1.81. The predicted molar refractivity (Wildman–Crippen MR) is 57.6 cm³/mol. The number of carbonyl (C=O) groups excluding carboxylic acids is 1. The van der Waals surface area contributed by atoms with Crippen molar-refractivity contribution in [3.8, 4) is 0 Å². The number of nitrogens with zero attached hydrogens (tertiary/aromatic N) is 2. The zero-order valence-electron chi connectivity index (χ0n) is 7.60. The van der Waals surface area contributed by atoms with Crippen LogP contribution in [-0.4, -0.2) is 18.1 Å². The highest BCUT2D eigenvalue weighted by Crippen LogP contribution is 2.36. The molecule has 1 aromatic carbocycles. The van der Waals surface area contributed by atoms with Crippen molar-refractivity contribution >= 4 is 29.0 Å². The second kappa shape index (κ2) is 3.33. The van der Waals surface area contributed by atoms with Crippen LogP contribution in [0.1, 0.15) is 11.6 Å². The minimum atomic E-state index is -0.492. The Labute approximate surface area is 87.1 Å². The number of thiocarbonyl (C=S) groups is 1. The molecule has 1 amide bonds. The molecule has 4 heteroatoms. The lowest BCUT2D eigenvalue weighted by atomic mass is 10.1. The molecular formula is C10H8N2OS. The summed E-state index contributed by atoms with van der Waals surface area (Å²) in [6.07, 6.45) is 0. The molecule has 0 bridgehead atoms. The largest absolute Gasteiger partial charge is 0.313 e. The maximum Gasteiger partial charge on any atom is 0.257 e. The molecule has 1 aromatic rings. The third-order valence-corrected chi connectivity index (χ3v) is 2.44. The summed E-state index contributed by atoms with van der Waals surface area (Å²) in [5, 5.41) is 2.26. The molecule has 70 valence electrons. The van der Waals surface area contributed by atoms with Crippen LogP contribution < -0.4 is 4.90 Å². The van der Waals surface area contributed by atoms with Crippen LogP contribution in [0.5, 0.6) is 0 Å². The number of hydrogen-bond donors (Lipinski definition) is 0. The van der Waals surface area contributed by atoms with Crippen molar-refractivity contribution in [1.29, 1.82) is 0 Å². The number of fused-ring (bicyclic) bond motifs is 1. The molecule has 0 spiro atoms. The Bertz CT molecular complexity index is 438. The van der Waals surface area contributed by atoms with E-state index in [1.807, 2.05) is 24.3 Å². The first-order valence-electron chi connectivity index (χ1n) is 4.19. The van der Waals surface area contributed by atoms with Gasteiger partial charge < -0.3 is 4.90 Å². The van der Waals surface area contributed by atoms with Gasteiger partial charge in [-0.1, -0.05) is 18.2 Å². The van der Waals surface area contributed by atoms with Crippen molar-refractivity contribution in [2.24, 2.45) is 4.99 Å². The van der Waals surface area contributed by atoms with Crippen LogP contribution in [0.2, 0.25) is 0 Å². The summed E-state index contributed by atoms with van der Waals surface area (Å²) in [5.41, 5.74) is 1.80. The number of amides is 1. The molecule has 0 aromatic heterocycles. The molecule has 0 fully saturated rings. The third-order valence-electron chi connectivity index (χ3n) is 2.34. The molecule has 3 nitrogen and oxygen atoms in total. The van der Waals surface area contributed by atoms with E-state index in [1.165, 1.54) is 0 Å². The number of para-hydroxylation sites is 1. The van der Waals surface area contributed by atoms with Crippen molar-refractivity contribution in [2.45, 2.75) is 6.04 Å². The molecule has 2 rings (SSSR count). The molecule has 0 saturated carbocycles. The lowest BCUT2D eigenvalue weighted by Crippen LogP contribution is -2.22. The molecule has 0 radical (unpaired) electrons. The summed E-state index contributed by atoms with van der Waals surface area (Å²) in [4.78, 5) is 17.2. The number of likely N-dealkylation sites (N-methyl/N-ethyl adjacent to an activating group) is 1. The van der Waals surface area contributed by atoms with Gasteiger partial charge in [0.05, 0.1) is 5.16 Å². The molecule has 1 atom stereocenters. The maximum atomic E-state index is 11.7. The standard InChI is InChI=1S/C10H8N2OS/c1-12-8-5-3-2-4-7(8)9(10(12)13)11-6-14/h2-5,9H,1H3. The first-order valence-corrected chi connectivity index (χ1v) is 4.60. The van der Waals surface area contributed by atoms with Gasteiger partial charge in [0.25, 0.3) is 5.91 Å². The van der Waals surface area contributed by atoms with Crippen LogP contribution >= 0.6 is 12.2 Å². The molecular weight excluding hydrogens is 196 g/mol. The van der Waals surface area contributed by atoms with Crippen LogP contribution in [0.4, 0.5) is 5.69 Å². The van der Waals surface area contributed by atoms with E-state index in [4.69, 9.17) is 0 Å². The van der Waals surface area contributed by atoms with Crippen molar-refractivity contribution in [3.63, 3.8) is 0 Å². The monoisotopic (exact) mass is 204 g/mol. The second-order valence-electron chi connectivity index (χ2n) is 3.08. The number of anilines is 1. The molecule has 0 saturated heterocycles. The van der Waals surface area contributed by atoms with Crippen LogP contribution in [0.15, 0.2) is 29.3 Å². The summed E-state index contributed by atoms with van der Waals surface area (Å²) in [7, 11) is 1.74. The molecule has 0 N–H and O–H groups in total. The smallest absolute Gasteiger partial charge is 0.257 e. The van der Waals surface area contributed by atoms with Gasteiger partial charge in [-0.2, -0.15) is 0 Å². The van der Waals surface area contributed by atoms with Crippen LogP contribution in [0, 0.1) is 0 Å². The van der Waals surface area contributed by atoms with Crippen LogP contribution in [0.3, 0.4) is 0 Å². The van der Waals surface area contributed by atoms with E-state index in [2.05, 4.69) is 22.4 Å². The van der Waals surface area contributed by atoms with Gasteiger partial charge >= 0.3 is 0 Å². The quantitative estimate of drug-likeness (QED) is 0.516. The van der Waals surface area contributed by atoms with E-state index in [9.17, 15) is 4.79 Å². The average Bonchev–Trinajstić information content (AvgIpc) is 2.45. The minimum absolute atomic E-state index is 0.0523. The molecule has 1 aliphatic rings. The van der Waals surface area contributed by atoms with Crippen LogP contribution in [-0.2, 0) is 4.79 Å². The average molecular weight is 204 g/mol. The highest BCUT2D eigenvalue weighted by atomic mass is 32.1. The zero-order valence-corrected chi connectivity index (χ0v) is 8.41. The Morgan fingerprint density at radius 1 is 1.50 bits per heavy atom. The minimum Gasteiger partial charge on any atom is -0.313 e. The summed E-state index contributed by atoms with van der Waals surface area (Å²) in [5.74, 6) is -0.0523. The molecule has 14 heavy (non-hydrogen) atoms. The third kappa shape index (κ3) is 1.16. The fraction of sp³-hybridized carbons (Fsp3) is 0.200. The molecule has 1 aliphatic heterocycles. The van der Waals surface area contributed by atoms with Gasteiger partial charge in [-0.05, 0) is 18.3 Å². The lowest BCUT2D eigenvalue weighted by Gasteiger charge is -2.08. The van der Waals surface area contributed by atoms with Crippen molar-refractivity contribution in [2.75, 3.05) is 11.9 Å². The van der Waals surface area contributed by atoms with Crippen molar-refractivity contribution in [3.05, 3.63) is 29.8 Å². The number of hydrogen-bond acceptors (Lipinski definition) is 3. The van der Waals surface area contributed by atoms with Gasteiger partial charge in [0, 0.05) is 18.3 Å². The number of aliphatic imine (C=N–C) groups is 1. The normalized spacial score (nSPS) is 19.1. The Balaban J connectivity index is 2.58. The van der Waals surface area contributed by atoms with Gasteiger partial charge in [0.15, 0.2) is 6.04 Å². The fourth-order valence-electron chi connectivity index (χ4n) is 1.64. The van der Waals surface area contributed by atoms with Crippen molar-refractivity contribution < 1.29 is 4.79 Å². The molecule has 1 unspecified atom stereocenters. The highest BCUT2D eigenvalue weighted by molar-refractivity contribution is 7.78. The van der Waals surface area contributed by atoms with Gasteiger partial charge in [-0.25, -0.2) is 4.99 Å². The van der Waals surface area contributed by atoms with E-state index in [1.54, 1.807) is 11.9 Å². The van der Waals surface area contributed by atoms with Gasteiger partial charge in [0.2, 0.25) is 0 Å². The van der Waals surface area contributed by atoms with E-state index in [0.29, 0.717) is 0 Å². The molecule has 0 aliphatic carbocycles. The van der Waals surface area contributed by atoms with Gasteiger partial charge in [-0.15, -0.1) is 0 Å². The SMILES string of the molecule is CN1C(=O)C(N=C=S)c2ccccc21. The topological polar surface area (TPSA) is 32.7 Å². The Morgan fingerprint density at radius 3 is 2.93 bits per heavy atom. The first-order chi connectivity index (χ1) is 6.75. The summed E-state index contributed by atoms with van der Waals surface area (Å²) in [6, 6.07) is 7.07. The highest BCUT2D eigenvalue weighted by Gasteiger charge is 2.34. The zero-order chi connectivity index (χ0) is 10.1.